The summed E-state index contributed by atoms with van der Waals surface area (Å²) in [7, 11) is 0. The number of rotatable bonds is 7. The summed E-state index contributed by atoms with van der Waals surface area (Å²) in [5.41, 5.74) is 0.515. The molecule has 4 nitrogen and oxygen atoms in total. The average molecular weight is 357 g/mol. The van der Waals surface area contributed by atoms with Gasteiger partial charge >= 0.3 is 5.97 Å². The van der Waals surface area contributed by atoms with Gasteiger partial charge in [-0.2, -0.15) is 0 Å². The summed E-state index contributed by atoms with van der Waals surface area (Å²) >= 11 is 0. The Labute approximate surface area is 153 Å². The van der Waals surface area contributed by atoms with Gasteiger partial charge in [-0.1, -0.05) is 49.1 Å². The van der Waals surface area contributed by atoms with Crippen LogP contribution in [-0.2, 0) is 20.9 Å². The van der Waals surface area contributed by atoms with E-state index in [9.17, 15) is 9.18 Å². The van der Waals surface area contributed by atoms with Crippen LogP contribution >= 0.6 is 0 Å². The van der Waals surface area contributed by atoms with Gasteiger partial charge in [-0.25, -0.2) is 9.38 Å². The predicted octanol–water partition coefficient (Wildman–Crippen LogP) is 4.54. The van der Waals surface area contributed by atoms with Gasteiger partial charge in [-0.05, 0) is 38.0 Å². The molecule has 1 aromatic carbocycles. The van der Waals surface area contributed by atoms with Crippen molar-refractivity contribution < 1.29 is 18.7 Å². The first-order chi connectivity index (χ1) is 12.3. The molecule has 138 valence electrons. The van der Waals surface area contributed by atoms with Crippen molar-refractivity contribution in [2.75, 3.05) is 6.61 Å². The third kappa shape index (κ3) is 4.91. The lowest BCUT2D eigenvalue weighted by molar-refractivity contribution is -0.152. The van der Waals surface area contributed by atoms with Crippen molar-refractivity contribution in [3.63, 3.8) is 0 Å². The van der Waals surface area contributed by atoms with E-state index in [-0.39, 0.29) is 25.1 Å². The number of allylic oxidation sites excluding steroid dienone is 3. The SMILES string of the molecule is C=C(/C=C\C(F)=C/C)[C@H]1COC(C(C)(C)C(=O)OCc2ccccc2)=N1. The van der Waals surface area contributed by atoms with Crippen molar-refractivity contribution in [1.82, 2.24) is 0 Å². The van der Waals surface area contributed by atoms with E-state index >= 15 is 0 Å². The van der Waals surface area contributed by atoms with Crippen LogP contribution in [0.1, 0.15) is 26.3 Å². The molecule has 1 atom stereocenters. The summed E-state index contributed by atoms with van der Waals surface area (Å²) in [5.74, 6) is -0.456. The molecular weight excluding hydrogens is 333 g/mol. The minimum atomic E-state index is -1.01. The number of carbonyl (C=O) groups excluding carboxylic acids is 1. The van der Waals surface area contributed by atoms with Gasteiger partial charge in [0.05, 0.1) is 0 Å². The lowest BCUT2D eigenvalue weighted by Gasteiger charge is -2.21. The van der Waals surface area contributed by atoms with Crippen molar-refractivity contribution in [3.05, 3.63) is 72.1 Å². The highest BCUT2D eigenvalue weighted by Gasteiger charge is 2.40. The molecule has 0 saturated heterocycles. The van der Waals surface area contributed by atoms with Gasteiger partial charge in [-0.3, -0.25) is 4.79 Å². The Morgan fingerprint density at radius 3 is 2.73 bits per heavy atom. The van der Waals surface area contributed by atoms with Crippen LogP contribution in [0.4, 0.5) is 4.39 Å². The lowest BCUT2D eigenvalue weighted by atomic mass is 9.93. The van der Waals surface area contributed by atoms with Gasteiger partial charge in [0.25, 0.3) is 0 Å². The lowest BCUT2D eigenvalue weighted by Crippen LogP contribution is -2.35. The van der Waals surface area contributed by atoms with E-state index in [1.807, 2.05) is 30.3 Å². The number of benzene rings is 1. The van der Waals surface area contributed by atoms with E-state index in [0.29, 0.717) is 11.5 Å². The Bertz CT molecular complexity index is 748. The summed E-state index contributed by atoms with van der Waals surface area (Å²) < 4.78 is 24.2. The molecule has 0 aliphatic carbocycles. The molecule has 1 heterocycles. The van der Waals surface area contributed by atoms with E-state index in [4.69, 9.17) is 9.47 Å². The summed E-state index contributed by atoms with van der Waals surface area (Å²) in [6.07, 6.45) is 4.25. The topological polar surface area (TPSA) is 47.9 Å². The normalized spacial score (nSPS) is 17.8. The third-order valence-corrected chi connectivity index (χ3v) is 4.07. The fourth-order valence-corrected chi connectivity index (χ4v) is 2.29. The molecule has 5 heteroatoms. The zero-order valence-electron chi connectivity index (χ0n) is 15.4. The Morgan fingerprint density at radius 2 is 2.08 bits per heavy atom. The molecule has 1 aromatic rings. The maximum atomic E-state index is 13.2. The van der Waals surface area contributed by atoms with E-state index < -0.39 is 11.4 Å². The van der Waals surface area contributed by atoms with Gasteiger partial charge in [0, 0.05) is 0 Å². The molecule has 26 heavy (non-hydrogen) atoms. The zero-order valence-corrected chi connectivity index (χ0v) is 15.4. The smallest absolute Gasteiger partial charge is 0.321 e. The standard InChI is InChI=1S/C21H24FNO3/c1-5-17(22)12-11-15(2)18-14-25-19(23-18)21(3,4)20(24)26-13-16-9-7-6-8-10-16/h5-12,18H,2,13-14H2,1,3-4H3/b12-11-,17-5+/t18-/m1/s1. The number of ether oxygens (including phenoxy) is 2. The van der Waals surface area contributed by atoms with Gasteiger partial charge in [0.15, 0.2) is 0 Å². The summed E-state index contributed by atoms with van der Waals surface area (Å²) in [5, 5.41) is 0. The maximum Gasteiger partial charge on any atom is 0.321 e. The molecular formula is C21H24FNO3. The molecule has 0 spiro atoms. The van der Waals surface area contributed by atoms with Crippen LogP contribution < -0.4 is 0 Å². The predicted molar refractivity (Wildman–Crippen MR) is 100 cm³/mol. The number of esters is 1. The summed E-state index contributed by atoms with van der Waals surface area (Å²) in [6.45, 7) is 9.39. The Kier molecular flexibility index (Phi) is 6.50. The zero-order chi connectivity index (χ0) is 19.2. The van der Waals surface area contributed by atoms with Crippen molar-refractivity contribution in [2.45, 2.75) is 33.4 Å². The van der Waals surface area contributed by atoms with Crippen LogP contribution in [0.15, 0.2) is 71.5 Å². The van der Waals surface area contributed by atoms with Crippen molar-refractivity contribution >= 4 is 11.9 Å². The fraction of sp³-hybridized carbons (Fsp3) is 0.333. The first-order valence-electron chi connectivity index (χ1n) is 8.45. The number of carbonyl (C=O) groups is 1. The molecule has 0 fully saturated rings. The van der Waals surface area contributed by atoms with E-state index in [1.54, 1.807) is 26.8 Å². The van der Waals surface area contributed by atoms with Crippen LogP contribution in [0.3, 0.4) is 0 Å². The first-order valence-corrected chi connectivity index (χ1v) is 8.45. The Morgan fingerprint density at radius 1 is 1.38 bits per heavy atom. The number of nitrogens with zero attached hydrogens (tertiary/aromatic N) is 1. The quantitative estimate of drug-likeness (QED) is 0.532. The van der Waals surface area contributed by atoms with Crippen LogP contribution in [0, 0.1) is 5.41 Å². The molecule has 0 unspecified atom stereocenters. The van der Waals surface area contributed by atoms with Gasteiger partial charge in [0.1, 0.15) is 30.5 Å². The summed E-state index contributed by atoms with van der Waals surface area (Å²) in [4.78, 5) is 16.9. The molecule has 2 rings (SSSR count). The molecule has 1 aliphatic heterocycles. The number of aliphatic imine (C=N–C) groups is 1. The molecule has 0 saturated carbocycles. The number of hydrogen-bond acceptors (Lipinski definition) is 4. The van der Waals surface area contributed by atoms with Crippen LogP contribution in [-0.4, -0.2) is 24.5 Å². The number of hydrogen-bond donors (Lipinski definition) is 0. The molecule has 0 amide bonds. The molecule has 0 bridgehead atoms. The van der Waals surface area contributed by atoms with E-state index in [1.165, 1.54) is 12.2 Å². The molecule has 1 aliphatic rings. The first kappa shape index (κ1) is 19.6. The van der Waals surface area contributed by atoms with E-state index in [2.05, 4.69) is 11.6 Å². The van der Waals surface area contributed by atoms with Crippen molar-refractivity contribution in [2.24, 2.45) is 10.4 Å². The van der Waals surface area contributed by atoms with Crippen LogP contribution in [0.2, 0.25) is 0 Å². The minimum Gasteiger partial charge on any atom is -0.478 e. The number of halogens is 1. The molecule has 0 radical (unpaired) electrons. The van der Waals surface area contributed by atoms with Gasteiger partial charge in [-0.15, -0.1) is 0 Å². The largest absolute Gasteiger partial charge is 0.478 e. The Hall–Kier alpha value is -2.69. The summed E-state index contributed by atoms with van der Waals surface area (Å²) in [6, 6.07) is 9.12. The second-order valence-electron chi connectivity index (χ2n) is 6.53. The van der Waals surface area contributed by atoms with Crippen LogP contribution in [0.25, 0.3) is 0 Å². The van der Waals surface area contributed by atoms with Crippen molar-refractivity contribution in [3.8, 4) is 0 Å². The van der Waals surface area contributed by atoms with Gasteiger partial charge in [0.2, 0.25) is 5.90 Å². The average Bonchev–Trinajstić information content (AvgIpc) is 3.15. The monoisotopic (exact) mass is 357 g/mol. The van der Waals surface area contributed by atoms with Crippen molar-refractivity contribution in [1.29, 1.82) is 0 Å². The minimum absolute atomic E-state index is 0.192. The highest BCUT2D eigenvalue weighted by molar-refractivity contribution is 6.02. The highest BCUT2D eigenvalue weighted by atomic mass is 19.1. The third-order valence-electron chi connectivity index (χ3n) is 4.07. The molecule has 0 aromatic heterocycles. The van der Waals surface area contributed by atoms with Gasteiger partial charge < -0.3 is 9.47 Å². The maximum absolute atomic E-state index is 13.2. The molecule has 0 N–H and O–H groups in total. The second kappa shape index (κ2) is 8.61. The fourth-order valence-electron chi connectivity index (χ4n) is 2.29. The second-order valence-corrected chi connectivity index (χ2v) is 6.53. The Balaban J connectivity index is 2.00. The van der Waals surface area contributed by atoms with E-state index in [0.717, 1.165) is 5.56 Å². The van der Waals surface area contributed by atoms with Crippen LogP contribution in [0.5, 0.6) is 0 Å². The highest BCUT2D eigenvalue weighted by Crippen LogP contribution is 2.27.